The molecule has 0 bridgehead atoms. The third-order valence-corrected chi connectivity index (χ3v) is 7.33. The summed E-state index contributed by atoms with van der Waals surface area (Å²) in [5.74, 6) is 1.66. The highest BCUT2D eigenvalue weighted by atomic mass is 16.5. The molecule has 0 N–H and O–H groups in total. The zero-order valence-electron chi connectivity index (χ0n) is 20.2. The van der Waals surface area contributed by atoms with E-state index in [1.54, 1.807) is 14.2 Å². The lowest BCUT2D eigenvalue weighted by atomic mass is 9.89. The SMILES string of the molecule is COc1cc2c(cc1OC)[C@H](C)N(C(=O)C1Cc3ccccc3CN1Cc1ccccc1)CC2. The maximum Gasteiger partial charge on any atom is 0.240 e. The number of ether oxygens (including phenoxy) is 2. The number of nitrogens with zero attached hydrogens (tertiary/aromatic N) is 2. The van der Waals surface area contributed by atoms with Crippen LogP contribution in [0, 0.1) is 0 Å². The lowest BCUT2D eigenvalue weighted by Crippen LogP contribution is -2.53. The molecule has 34 heavy (non-hydrogen) atoms. The van der Waals surface area contributed by atoms with E-state index in [4.69, 9.17) is 9.47 Å². The van der Waals surface area contributed by atoms with Gasteiger partial charge in [0.2, 0.25) is 5.91 Å². The maximum atomic E-state index is 14.1. The Kier molecular flexibility index (Phi) is 6.29. The summed E-state index contributed by atoms with van der Waals surface area (Å²) in [4.78, 5) is 18.5. The molecule has 176 valence electrons. The summed E-state index contributed by atoms with van der Waals surface area (Å²) in [5, 5.41) is 0. The molecule has 5 heteroatoms. The predicted molar refractivity (Wildman–Crippen MR) is 133 cm³/mol. The van der Waals surface area contributed by atoms with Crippen LogP contribution in [0.1, 0.15) is 40.8 Å². The highest BCUT2D eigenvalue weighted by molar-refractivity contribution is 5.83. The third kappa shape index (κ3) is 4.16. The van der Waals surface area contributed by atoms with E-state index in [0.29, 0.717) is 12.3 Å². The minimum Gasteiger partial charge on any atom is -0.493 e. The molecule has 0 fully saturated rings. The molecule has 5 nitrogen and oxygen atoms in total. The Morgan fingerprint density at radius 3 is 2.32 bits per heavy atom. The van der Waals surface area contributed by atoms with Crippen LogP contribution in [0.4, 0.5) is 0 Å². The summed E-state index contributed by atoms with van der Waals surface area (Å²) in [6.45, 7) is 4.38. The zero-order chi connectivity index (χ0) is 23.7. The first-order chi connectivity index (χ1) is 16.6. The van der Waals surface area contributed by atoms with Gasteiger partial charge in [0.05, 0.1) is 26.3 Å². The third-order valence-electron chi connectivity index (χ3n) is 7.33. The van der Waals surface area contributed by atoms with Crippen LogP contribution in [0.5, 0.6) is 11.5 Å². The fourth-order valence-electron chi connectivity index (χ4n) is 5.44. The van der Waals surface area contributed by atoms with Crippen LogP contribution in [0.2, 0.25) is 0 Å². The van der Waals surface area contributed by atoms with Gasteiger partial charge in [0.1, 0.15) is 0 Å². The van der Waals surface area contributed by atoms with Crippen molar-refractivity contribution in [3.63, 3.8) is 0 Å². The molecule has 1 unspecified atom stereocenters. The molecule has 2 aliphatic rings. The Hall–Kier alpha value is -3.31. The lowest BCUT2D eigenvalue weighted by Gasteiger charge is -2.42. The second-order valence-corrected chi connectivity index (χ2v) is 9.24. The lowest BCUT2D eigenvalue weighted by molar-refractivity contribution is -0.140. The highest BCUT2D eigenvalue weighted by Gasteiger charge is 2.38. The van der Waals surface area contributed by atoms with Crippen LogP contribution in [0.25, 0.3) is 0 Å². The van der Waals surface area contributed by atoms with Crippen molar-refractivity contribution in [2.45, 2.75) is 44.9 Å². The van der Waals surface area contributed by atoms with Gasteiger partial charge in [0.25, 0.3) is 0 Å². The van der Waals surface area contributed by atoms with Gasteiger partial charge in [-0.3, -0.25) is 9.69 Å². The molecule has 2 aliphatic heterocycles. The van der Waals surface area contributed by atoms with Gasteiger partial charge < -0.3 is 14.4 Å². The quantitative estimate of drug-likeness (QED) is 0.554. The summed E-state index contributed by atoms with van der Waals surface area (Å²) in [5.41, 5.74) is 6.19. The van der Waals surface area contributed by atoms with Gasteiger partial charge in [-0.05, 0) is 59.7 Å². The van der Waals surface area contributed by atoms with Gasteiger partial charge >= 0.3 is 0 Å². The van der Waals surface area contributed by atoms with Crippen molar-refractivity contribution in [2.24, 2.45) is 0 Å². The number of methoxy groups -OCH3 is 2. The molecule has 3 aromatic carbocycles. The van der Waals surface area contributed by atoms with Gasteiger partial charge in [0.15, 0.2) is 11.5 Å². The van der Waals surface area contributed by atoms with Crippen molar-refractivity contribution in [1.82, 2.24) is 9.80 Å². The zero-order valence-corrected chi connectivity index (χ0v) is 20.2. The van der Waals surface area contributed by atoms with E-state index in [9.17, 15) is 4.79 Å². The van der Waals surface area contributed by atoms with Crippen LogP contribution in [0.3, 0.4) is 0 Å². The van der Waals surface area contributed by atoms with Crippen molar-refractivity contribution < 1.29 is 14.3 Å². The molecule has 0 radical (unpaired) electrons. The average Bonchev–Trinajstić information content (AvgIpc) is 2.88. The fourth-order valence-corrected chi connectivity index (χ4v) is 5.44. The van der Waals surface area contributed by atoms with E-state index in [2.05, 4.69) is 71.3 Å². The van der Waals surface area contributed by atoms with Crippen molar-refractivity contribution in [3.05, 3.63) is 94.5 Å². The number of benzene rings is 3. The van der Waals surface area contributed by atoms with Crippen LogP contribution >= 0.6 is 0 Å². The molecule has 5 rings (SSSR count). The van der Waals surface area contributed by atoms with Crippen molar-refractivity contribution in [3.8, 4) is 11.5 Å². The number of fused-ring (bicyclic) bond motifs is 2. The second-order valence-electron chi connectivity index (χ2n) is 9.24. The van der Waals surface area contributed by atoms with Gasteiger partial charge in [-0.2, -0.15) is 0 Å². The first-order valence-electron chi connectivity index (χ1n) is 12.0. The van der Waals surface area contributed by atoms with Crippen molar-refractivity contribution in [1.29, 1.82) is 0 Å². The Labute approximate surface area is 201 Å². The molecule has 0 saturated heterocycles. The minimum atomic E-state index is -0.181. The number of hydrogen-bond acceptors (Lipinski definition) is 4. The second kappa shape index (κ2) is 9.51. The molecule has 0 spiro atoms. The van der Waals surface area contributed by atoms with E-state index in [0.717, 1.165) is 37.2 Å². The predicted octanol–water partition coefficient (Wildman–Crippen LogP) is 4.78. The Morgan fingerprint density at radius 2 is 1.59 bits per heavy atom. The van der Waals surface area contributed by atoms with Crippen molar-refractivity contribution in [2.75, 3.05) is 20.8 Å². The van der Waals surface area contributed by atoms with E-state index >= 15 is 0 Å². The molecular formula is C29H32N2O3. The van der Waals surface area contributed by atoms with Gasteiger partial charge in [-0.25, -0.2) is 0 Å². The van der Waals surface area contributed by atoms with E-state index in [1.165, 1.54) is 22.3 Å². The molecule has 2 atom stereocenters. The van der Waals surface area contributed by atoms with Gasteiger partial charge in [-0.1, -0.05) is 54.6 Å². The van der Waals surface area contributed by atoms with Crippen LogP contribution in [-0.4, -0.2) is 42.5 Å². The molecule has 0 aromatic heterocycles. The first-order valence-corrected chi connectivity index (χ1v) is 12.0. The maximum absolute atomic E-state index is 14.1. The monoisotopic (exact) mass is 456 g/mol. The smallest absolute Gasteiger partial charge is 0.240 e. The molecule has 0 saturated carbocycles. The molecule has 0 aliphatic carbocycles. The number of carbonyl (C=O) groups is 1. The van der Waals surface area contributed by atoms with E-state index in [1.807, 2.05) is 12.1 Å². The average molecular weight is 457 g/mol. The Balaban J connectivity index is 1.45. The van der Waals surface area contributed by atoms with Crippen molar-refractivity contribution >= 4 is 5.91 Å². The number of rotatable bonds is 5. The number of hydrogen-bond donors (Lipinski definition) is 0. The summed E-state index contributed by atoms with van der Waals surface area (Å²) in [6, 6.07) is 22.9. The fraction of sp³-hybridized carbons (Fsp3) is 0.345. The normalized spacial score (nSPS) is 19.8. The van der Waals surface area contributed by atoms with Crippen LogP contribution in [0.15, 0.2) is 66.7 Å². The van der Waals surface area contributed by atoms with Gasteiger partial charge in [-0.15, -0.1) is 0 Å². The summed E-state index contributed by atoms with van der Waals surface area (Å²) in [6.07, 6.45) is 1.55. The molecule has 1 amide bonds. The molecule has 2 heterocycles. The van der Waals surface area contributed by atoms with E-state index < -0.39 is 0 Å². The number of carbonyl (C=O) groups excluding carboxylic acids is 1. The molecular weight excluding hydrogens is 424 g/mol. The van der Waals surface area contributed by atoms with Gasteiger partial charge in [0, 0.05) is 19.6 Å². The number of amides is 1. The summed E-state index contributed by atoms with van der Waals surface area (Å²) in [7, 11) is 3.32. The summed E-state index contributed by atoms with van der Waals surface area (Å²) < 4.78 is 11.0. The Morgan fingerprint density at radius 1 is 0.912 bits per heavy atom. The topological polar surface area (TPSA) is 42.0 Å². The van der Waals surface area contributed by atoms with Crippen LogP contribution < -0.4 is 9.47 Å². The Bertz CT molecular complexity index is 1180. The largest absolute Gasteiger partial charge is 0.493 e. The first kappa shape index (κ1) is 22.5. The van der Waals surface area contributed by atoms with E-state index in [-0.39, 0.29) is 18.0 Å². The standard InChI is InChI=1S/C29H32N2O3/c1-20-25-17-28(34-3)27(33-2)16-23(25)13-14-31(20)29(32)26-15-22-11-7-8-12-24(22)19-30(26)18-21-9-5-4-6-10-21/h4-12,16-17,20,26H,13-15,18-19H2,1-3H3/t20-,26?/m0/s1. The van der Waals surface area contributed by atoms with Crippen LogP contribution in [-0.2, 0) is 30.7 Å². The highest BCUT2D eigenvalue weighted by Crippen LogP contribution is 2.39. The minimum absolute atomic E-state index is 0.0215. The summed E-state index contributed by atoms with van der Waals surface area (Å²) >= 11 is 0. The molecule has 3 aromatic rings.